The van der Waals surface area contributed by atoms with Crippen molar-refractivity contribution in [3.05, 3.63) is 17.0 Å². The van der Waals surface area contributed by atoms with Gasteiger partial charge in [0.05, 0.1) is 0 Å². The van der Waals surface area contributed by atoms with E-state index in [0.29, 0.717) is 10.8 Å². The number of hydrogen-bond donors (Lipinski definition) is 1. The van der Waals surface area contributed by atoms with Gasteiger partial charge in [-0.05, 0) is 51.4 Å². The van der Waals surface area contributed by atoms with Crippen LogP contribution in [0.5, 0.6) is 0 Å². The number of nitrogens with one attached hydrogen (secondary N) is 1. The molecule has 0 amide bonds. The smallest absolute Gasteiger partial charge is 0.252 e. The number of sulfonamides is 1. The molecule has 4 nitrogen and oxygen atoms in total. The fraction of sp³-hybridized carbons (Fsp3) is 0.692. The van der Waals surface area contributed by atoms with Crippen LogP contribution in [0.3, 0.4) is 0 Å². The van der Waals surface area contributed by atoms with Gasteiger partial charge >= 0.3 is 0 Å². The number of nitrogens with zero attached hydrogens (tertiary/aromatic N) is 1. The van der Waals surface area contributed by atoms with E-state index in [0.717, 1.165) is 37.1 Å². The van der Waals surface area contributed by atoms with Crippen LogP contribution in [0, 0.1) is 0 Å². The zero-order chi connectivity index (χ0) is 13.9. The molecular weight excluding hydrogens is 280 g/mol. The first-order valence-corrected chi connectivity index (χ1v) is 9.10. The third-order valence-electron chi connectivity index (χ3n) is 3.62. The van der Waals surface area contributed by atoms with Crippen LogP contribution in [0.25, 0.3) is 0 Å². The molecule has 1 atom stereocenters. The van der Waals surface area contributed by atoms with Gasteiger partial charge in [0.15, 0.2) is 0 Å². The zero-order valence-corrected chi connectivity index (χ0v) is 13.2. The van der Waals surface area contributed by atoms with Crippen LogP contribution in [0.15, 0.2) is 16.3 Å². The van der Waals surface area contributed by atoms with Crippen LogP contribution in [0.4, 0.5) is 0 Å². The molecule has 1 fully saturated rings. The summed E-state index contributed by atoms with van der Waals surface area (Å²) in [6.07, 6.45) is 3.76. The Balaban J connectivity index is 2.17. The first-order chi connectivity index (χ1) is 9.09. The van der Waals surface area contributed by atoms with E-state index in [1.165, 1.54) is 11.3 Å². The molecule has 6 heteroatoms. The van der Waals surface area contributed by atoms with Crippen molar-refractivity contribution in [1.29, 1.82) is 0 Å². The van der Waals surface area contributed by atoms with E-state index in [1.54, 1.807) is 10.4 Å². The Labute approximate surface area is 119 Å². The van der Waals surface area contributed by atoms with Crippen molar-refractivity contribution in [2.45, 2.75) is 42.9 Å². The van der Waals surface area contributed by atoms with Gasteiger partial charge in [-0.15, -0.1) is 11.3 Å². The minimum absolute atomic E-state index is 0.188. The molecule has 1 N–H and O–H groups in total. The standard InChI is InChI=1S/C13H22N2O2S2/c1-3-11-5-4-10-15(11)19(16,17)13-7-6-12(18-13)8-9-14-2/h6-7,11,14H,3-5,8-10H2,1-2H3. The van der Waals surface area contributed by atoms with Crippen LogP contribution in [-0.4, -0.2) is 38.9 Å². The predicted molar refractivity (Wildman–Crippen MR) is 79.2 cm³/mol. The molecule has 1 aliphatic heterocycles. The number of likely N-dealkylation sites (N-methyl/N-ethyl adjacent to an activating group) is 1. The third-order valence-corrected chi connectivity index (χ3v) is 7.18. The maximum Gasteiger partial charge on any atom is 0.252 e. The van der Waals surface area contributed by atoms with Crippen molar-refractivity contribution in [1.82, 2.24) is 9.62 Å². The normalized spacial score (nSPS) is 21.1. The lowest BCUT2D eigenvalue weighted by molar-refractivity contribution is 0.380. The average molecular weight is 302 g/mol. The number of rotatable bonds is 6. The van der Waals surface area contributed by atoms with Gasteiger partial charge in [0, 0.05) is 17.5 Å². The number of hydrogen-bond acceptors (Lipinski definition) is 4. The summed E-state index contributed by atoms with van der Waals surface area (Å²) in [5.74, 6) is 0. The molecule has 0 bridgehead atoms. The first-order valence-electron chi connectivity index (χ1n) is 6.84. The molecule has 19 heavy (non-hydrogen) atoms. The molecule has 0 radical (unpaired) electrons. The van der Waals surface area contributed by atoms with E-state index in [9.17, 15) is 8.42 Å². The summed E-state index contributed by atoms with van der Waals surface area (Å²) in [6, 6.07) is 3.88. The van der Waals surface area contributed by atoms with Gasteiger partial charge < -0.3 is 5.32 Å². The second-order valence-electron chi connectivity index (χ2n) is 4.89. The van der Waals surface area contributed by atoms with Crippen molar-refractivity contribution in [2.24, 2.45) is 0 Å². The van der Waals surface area contributed by atoms with Crippen molar-refractivity contribution in [3.8, 4) is 0 Å². The second-order valence-corrected chi connectivity index (χ2v) is 8.18. The highest BCUT2D eigenvalue weighted by atomic mass is 32.2. The highest BCUT2D eigenvalue weighted by Crippen LogP contribution is 2.31. The summed E-state index contributed by atoms with van der Waals surface area (Å²) >= 11 is 1.41. The van der Waals surface area contributed by atoms with E-state index in [1.807, 2.05) is 13.1 Å². The van der Waals surface area contributed by atoms with Crippen molar-refractivity contribution in [3.63, 3.8) is 0 Å². The Bertz CT molecular complexity index is 510. The Kier molecular flexibility index (Phi) is 5.00. The summed E-state index contributed by atoms with van der Waals surface area (Å²) in [5.41, 5.74) is 0. The molecule has 108 valence electrons. The molecule has 2 rings (SSSR count). The van der Waals surface area contributed by atoms with Gasteiger partial charge in [-0.3, -0.25) is 0 Å². The topological polar surface area (TPSA) is 49.4 Å². The Morgan fingerprint density at radius 3 is 2.95 bits per heavy atom. The summed E-state index contributed by atoms with van der Waals surface area (Å²) in [6.45, 7) is 3.61. The highest BCUT2D eigenvalue weighted by molar-refractivity contribution is 7.91. The largest absolute Gasteiger partial charge is 0.319 e. The van der Waals surface area contributed by atoms with Gasteiger partial charge in [-0.2, -0.15) is 4.31 Å². The zero-order valence-electron chi connectivity index (χ0n) is 11.6. The molecule has 2 heterocycles. The van der Waals surface area contributed by atoms with E-state index >= 15 is 0 Å². The van der Waals surface area contributed by atoms with E-state index in [-0.39, 0.29) is 6.04 Å². The second kappa shape index (κ2) is 6.35. The highest BCUT2D eigenvalue weighted by Gasteiger charge is 2.34. The fourth-order valence-electron chi connectivity index (χ4n) is 2.53. The summed E-state index contributed by atoms with van der Waals surface area (Å²) < 4.78 is 27.4. The number of thiophene rings is 1. The third kappa shape index (κ3) is 3.18. The van der Waals surface area contributed by atoms with Crippen LogP contribution < -0.4 is 5.32 Å². The van der Waals surface area contributed by atoms with Crippen molar-refractivity contribution in [2.75, 3.05) is 20.1 Å². The van der Waals surface area contributed by atoms with Gasteiger partial charge in [-0.1, -0.05) is 6.92 Å². The maximum atomic E-state index is 12.6. The molecule has 1 aliphatic rings. The fourth-order valence-corrected chi connectivity index (χ4v) is 5.78. The van der Waals surface area contributed by atoms with Gasteiger partial charge in [0.25, 0.3) is 10.0 Å². The average Bonchev–Trinajstić information content (AvgIpc) is 3.05. The Morgan fingerprint density at radius 1 is 1.47 bits per heavy atom. The molecular formula is C13H22N2O2S2. The molecule has 0 saturated carbocycles. The predicted octanol–water partition coefficient (Wildman–Crippen LogP) is 2.07. The molecule has 0 aliphatic carbocycles. The SMILES string of the molecule is CCC1CCCN1S(=O)(=O)c1ccc(CCNC)s1. The van der Waals surface area contributed by atoms with E-state index in [2.05, 4.69) is 12.2 Å². The lowest BCUT2D eigenvalue weighted by Crippen LogP contribution is -2.34. The van der Waals surface area contributed by atoms with E-state index in [4.69, 9.17) is 0 Å². The molecule has 1 saturated heterocycles. The van der Waals surface area contributed by atoms with Crippen molar-refractivity contribution >= 4 is 21.4 Å². The first kappa shape index (κ1) is 15.0. The Hall–Kier alpha value is -0.430. The maximum absolute atomic E-state index is 12.6. The summed E-state index contributed by atoms with van der Waals surface area (Å²) in [5, 5.41) is 3.08. The van der Waals surface area contributed by atoms with Crippen LogP contribution in [-0.2, 0) is 16.4 Å². The summed E-state index contributed by atoms with van der Waals surface area (Å²) in [4.78, 5) is 1.13. The van der Waals surface area contributed by atoms with Gasteiger partial charge in [-0.25, -0.2) is 8.42 Å². The molecule has 0 aromatic carbocycles. The quantitative estimate of drug-likeness (QED) is 0.875. The molecule has 0 spiro atoms. The molecule has 1 unspecified atom stereocenters. The lowest BCUT2D eigenvalue weighted by Gasteiger charge is -2.21. The van der Waals surface area contributed by atoms with Crippen LogP contribution >= 0.6 is 11.3 Å². The monoisotopic (exact) mass is 302 g/mol. The van der Waals surface area contributed by atoms with Crippen LogP contribution in [0.2, 0.25) is 0 Å². The van der Waals surface area contributed by atoms with Crippen molar-refractivity contribution < 1.29 is 8.42 Å². The van der Waals surface area contributed by atoms with Crippen LogP contribution in [0.1, 0.15) is 31.1 Å². The molecule has 1 aromatic rings. The minimum Gasteiger partial charge on any atom is -0.319 e. The molecule has 1 aromatic heterocycles. The lowest BCUT2D eigenvalue weighted by atomic mass is 10.2. The summed E-state index contributed by atoms with van der Waals surface area (Å²) in [7, 11) is -1.37. The van der Waals surface area contributed by atoms with E-state index < -0.39 is 10.0 Å². The Morgan fingerprint density at radius 2 is 2.26 bits per heavy atom. The van der Waals surface area contributed by atoms with Gasteiger partial charge in [0.2, 0.25) is 0 Å². The van der Waals surface area contributed by atoms with Gasteiger partial charge in [0.1, 0.15) is 4.21 Å². The minimum atomic E-state index is -3.27.